The van der Waals surface area contributed by atoms with Crippen molar-refractivity contribution in [2.24, 2.45) is 0 Å². The number of nitrogens with zero attached hydrogens (tertiary/aromatic N) is 2. The number of hydrogen-bond donors (Lipinski definition) is 1. The van der Waals surface area contributed by atoms with Crippen molar-refractivity contribution in [1.29, 1.82) is 0 Å². The van der Waals surface area contributed by atoms with Crippen LogP contribution in [0.25, 0.3) is 6.08 Å². The number of amides is 1. The van der Waals surface area contributed by atoms with E-state index in [4.69, 9.17) is 37.4 Å². The lowest BCUT2D eigenvalue weighted by molar-refractivity contribution is -0.137. The molecule has 0 saturated carbocycles. The Bertz CT molecular complexity index is 1480. The highest BCUT2D eigenvalue weighted by Crippen LogP contribution is 2.36. The van der Waals surface area contributed by atoms with Crippen molar-refractivity contribution >= 4 is 45.4 Å². The van der Waals surface area contributed by atoms with E-state index in [9.17, 15) is 31.5 Å². The Balaban J connectivity index is 1.91. The summed E-state index contributed by atoms with van der Waals surface area (Å²) in [4.78, 5) is 15.2. The van der Waals surface area contributed by atoms with Gasteiger partial charge in [0.1, 0.15) is 23.1 Å². The fraction of sp³-hybridized carbons (Fsp3) is 0.200. The summed E-state index contributed by atoms with van der Waals surface area (Å²) in [6, 6.07) is 10.1. The second-order valence-electron chi connectivity index (χ2n) is 7.83. The van der Waals surface area contributed by atoms with Gasteiger partial charge in [-0.2, -0.15) is 17.5 Å². The maximum Gasteiger partial charge on any atom is 0.421 e. The largest absolute Gasteiger partial charge is 0.491 e. The van der Waals surface area contributed by atoms with E-state index >= 15 is 0 Å². The monoisotopic (exact) mass is 620 g/mol. The van der Waals surface area contributed by atoms with Gasteiger partial charge in [0, 0.05) is 30.0 Å². The van der Waals surface area contributed by atoms with Crippen LogP contribution in [-0.4, -0.2) is 55.8 Å². The van der Waals surface area contributed by atoms with Crippen LogP contribution in [0.1, 0.15) is 11.1 Å². The third-order valence-corrected chi connectivity index (χ3v) is 7.34. The molecular weight excluding hydrogens is 600 g/mol. The van der Waals surface area contributed by atoms with Crippen molar-refractivity contribution in [2.75, 3.05) is 26.9 Å². The second kappa shape index (κ2) is 13.2. The zero-order valence-corrected chi connectivity index (χ0v) is 22.9. The van der Waals surface area contributed by atoms with Gasteiger partial charge in [0.15, 0.2) is 0 Å². The van der Waals surface area contributed by atoms with E-state index in [2.05, 4.69) is 4.98 Å². The summed E-state index contributed by atoms with van der Waals surface area (Å²) >= 11 is 11.8. The third-order valence-electron chi connectivity index (χ3n) is 5.07. The third kappa shape index (κ3) is 8.01. The summed E-state index contributed by atoms with van der Waals surface area (Å²) in [5.41, 5.74) is -0.789. The number of rotatable bonds is 11. The van der Waals surface area contributed by atoms with E-state index in [1.165, 1.54) is 55.7 Å². The van der Waals surface area contributed by atoms with Gasteiger partial charge in [-0.25, -0.2) is 18.2 Å². The van der Waals surface area contributed by atoms with Crippen LogP contribution in [0.2, 0.25) is 10.0 Å². The van der Waals surface area contributed by atoms with Crippen LogP contribution in [-0.2, 0) is 20.9 Å². The fourth-order valence-corrected chi connectivity index (χ4v) is 4.67. The zero-order valence-electron chi connectivity index (χ0n) is 20.6. The predicted octanol–water partition coefficient (Wildman–Crippen LogP) is 6.61. The lowest BCUT2D eigenvalue weighted by Crippen LogP contribution is -2.35. The first-order chi connectivity index (χ1) is 18.8. The Kier molecular flexibility index (Phi) is 10.3. The molecule has 15 heteroatoms. The van der Waals surface area contributed by atoms with E-state index in [0.29, 0.717) is 18.0 Å². The van der Waals surface area contributed by atoms with Gasteiger partial charge in [-0.05, 0) is 42.5 Å². The number of carbonyl (C=O) groups is 1. The van der Waals surface area contributed by atoms with Gasteiger partial charge in [-0.1, -0.05) is 35.4 Å². The number of sulfonamides is 1. The lowest BCUT2D eigenvalue weighted by atomic mass is 10.1. The predicted molar refractivity (Wildman–Crippen MR) is 141 cm³/mol. The zero-order chi connectivity index (χ0) is 29.5. The van der Waals surface area contributed by atoms with Crippen molar-refractivity contribution in [3.63, 3.8) is 0 Å². The lowest BCUT2D eigenvalue weighted by Gasteiger charge is -2.18. The van der Waals surface area contributed by atoms with Crippen molar-refractivity contribution in [3.8, 4) is 17.4 Å². The average molecular weight is 621 g/mol. The van der Waals surface area contributed by atoms with Crippen LogP contribution in [0.5, 0.6) is 17.4 Å². The molecule has 0 aliphatic carbocycles. The Labute approximate surface area is 237 Å². The molecule has 0 bridgehead atoms. The SMILES string of the molecule is COCCOc1ccc(C=CCN(C(=O)O)S(=O)(=O)c2ccc(Cl)cc2)c(Oc2ncc(C(F)(F)F)cc2Cl)c1. The average Bonchev–Trinajstić information content (AvgIpc) is 2.88. The first kappa shape index (κ1) is 31.0. The van der Waals surface area contributed by atoms with Gasteiger partial charge in [0.25, 0.3) is 10.0 Å². The van der Waals surface area contributed by atoms with Crippen LogP contribution in [0.15, 0.2) is 65.7 Å². The molecule has 0 saturated heterocycles. The minimum atomic E-state index is -4.67. The molecule has 0 unspecified atom stereocenters. The number of halogens is 5. The van der Waals surface area contributed by atoms with Crippen molar-refractivity contribution in [3.05, 3.63) is 82.0 Å². The highest BCUT2D eigenvalue weighted by molar-refractivity contribution is 7.89. The van der Waals surface area contributed by atoms with Gasteiger partial charge in [0.05, 0.1) is 23.6 Å². The van der Waals surface area contributed by atoms with Crippen molar-refractivity contribution < 1.29 is 45.7 Å². The molecule has 40 heavy (non-hydrogen) atoms. The Morgan fingerprint density at radius 2 is 1.80 bits per heavy atom. The first-order valence-electron chi connectivity index (χ1n) is 11.2. The van der Waals surface area contributed by atoms with E-state index in [-0.39, 0.29) is 44.6 Å². The van der Waals surface area contributed by atoms with Crippen molar-refractivity contribution in [1.82, 2.24) is 9.29 Å². The highest BCUT2D eigenvalue weighted by atomic mass is 35.5. The number of hydrogen-bond acceptors (Lipinski definition) is 7. The number of carboxylic acid groups (broad SMARTS) is 1. The van der Waals surface area contributed by atoms with Crippen LogP contribution in [0.3, 0.4) is 0 Å². The summed E-state index contributed by atoms with van der Waals surface area (Å²) in [6.07, 6.45) is -3.22. The van der Waals surface area contributed by atoms with Gasteiger partial charge in [-0.3, -0.25) is 0 Å². The highest BCUT2D eigenvalue weighted by Gasteiger charge is 2.32. The van der Waals surface area contributed by atoms with Crippen LogP contribution in [0, 0.1) is 0 Å². The fourth-order valence-electron chi connectivity index (χ4n) is 3.12. The number of pyridine rings is 1. The van der Waals surface area contributed by atoms with Gasteiger partial charge < -0.3 is 19.3 Å². The molecule has 1 aromatic heterocycles. The Hall–Kier alpha value is -3.52. The van der Waals surface area contributed by atoms with E-state index < -0.39 is 39.4 Å². The molecule has 214 valence electrons. The van der Waals surface area contributed by atoms with E-state index in [1.807, 2.05) is 0 Å². The summed E-state index contributed by atoms with van der Waals surface area (Å²) in [5.74, 6) is 0.00306. The normalized spacial score (nSPS) is 11.9. The summed E-state index contributed by atoms with van der Waals surface area (Å²) in [6.45, 7) is -0.122. The molecule has 3 aromatic rings. The van der Waals surface area contributed by atoms with E-state index in [1.54, 1.807) is 6.07 Å². The minimum Gasteiger partial charge on any atom is -0.491 e. The van der Waals surface area contributed by atoms with Crippen LogP contribution in [0.4, 0.5) is 18.0 Å². The molecule has 0 radical (unpaired) electrons. The number of aromatic nitrogens is 1. The molecule has 1 N–H and O–H groups in total. The molecule has 3 rings (SSSR count). The Morgan fingerprint density at radius 3 is 2.40 bits per heavy atom. The maximum absolute atomic E-state index is 13.0. The molecule has 1 heterocycles. The van der Waals surface area contributed by atoms with E-state index in [0.717, 1.165) is 0 Å². The standard InChI is InChI=1S/C25H21Cl2F3N2O7S/c1-37-11-12-38-19-7-4-16(22(14-19)39-23-21(27)13-17(15-31-23)25(28,29)30)3-2-10-32(24(33)34)40(35,36)20-8-5-18(26)6-9-20/h2-9,13-15H,10-12H2,1H3,(H,33,34). The topological polar surface area (TPSA) is 115 Å². The second-order valence-corrected chi connectivity index (χ2v) is 10.5. The van der Waals surface area contributed by atoms with Gasteiger partial charge >= 0.3 is 12.3 Å². The van der Waals surface area contributed by atoms with Crippen molar-refractivity contribution in [2.45, 2.75) is 11.1 Å². The number of alkyl halides is 3. The maximum atomic E-state index is 13.0. The molecule has 0 aliphatic heterocycles. The molecular formula is C25H21Cl2F3N2O7S. The summed E-state index contributed by atoms with van der Waals surface area (Å²) in [5, 5.41) is 9.41. The Morgan fingerprint density at radius 1 is 1.10 bits per heavy atom. The van der Waals surface area contributed by atoms with Crippen LogP contribution >= 0.6 is 23.2 Å². The van der Waals surface area contributed by atoms with Gasteiger partial charge in [0.2, 0.25) is 5.88 Å². The first-order valence-corrected chi connectivity index (χ1v) is 13.4. The summed E-state index contributed by atoms with van der Waals surface area (Å²) < 4.78 is 81.1. The number of methoxy groups -OCH3 is 1. The summed E-state index contributed by atoms with van der Waals surface area (Å²) in [7, 11) is -2.95. The molecule has 0 spiro atoms. The number of ether oxygens (including phenoxy) is 3. The molecule has 0 aliphatic rings. The quantitative estimate of drug-likeness (QED) is 0.238. The molecule has 0 fully saturated rings. The molecule has 0 atom stereocenters. The minimum absolute atomic E-state index is 0.0303. The number of benzene rings is 2. The molecule has 1 amide bonds. The molecule has 9 nitrogen and oxygen atoms in total. The van der Waals surface area contributed by atoms with Crippen LogP contribution < -0.4 is 9.47 Å². The molecule has 2 aromatic carbocycles. The smallest absolute Gasteiger partial charge is 0.421 e. The van der Waals surface area contributed by atoms with Gasteiger partial charge in [-0.15, -0.1) is 0 Å².